The lowest BCUT2D eigenvalue weighted by Crippen LogP contribution is -2.48. The molecule has 9 heteroatoms. The highest BCUT2D eigenvalue weighted by atomic mass is 35.5. The second kappa shape index (κ2) is 8.88. The molecule has 1 saturated heterocycles. The fourth-order valence-electron chi connectivity index (χ4n) is 3.16. The Morgan fingerprint density at radius 1 is 0.964 bits per heavy atom. The standard InChI is InChI=1S/C19H22Cl2N2O4S/c1-26-14-6-7-18(27-2)19(12-14)28(24,25)23-10-8-22(9-11-23)13-15-16(20)4-3-5-17(15)21/h3-7,12H,8-11,13H2,1-2H3. The van der Waals surface area contributed by atoms with Gasteiger partial charge in [0.05, 0.1) is 14.2 Å². The monoisotopic (exact) mass is 444 g/mol. The molecular formula is C19H22Cl2N2O4S. The average molecular weight is 445 g/mol. The summed E-state index contributed by atoms with van der Waals surface area (Å²) in [5.74, 6) is 0.762. The first-order valence-corrected chi connectivity index (χ1v) is 10.9. The Morgan fingerprint density at radius 3 is 2.18 bits per heavy atom. The van der Waals surface area contributed by atoms with E-state index in [1.807, 2.05) is 0 Å². The lowest BCUT2D eigenvalue weighted by atomic mass is 10.2. The second-order valence-electron chi connectivity index (χ2n) is 6.40. The number of benzene rings is 2. The van der Waals surface area contributed by atoms with Crippen LogP contribution >= 0.6 is 23.2 Å². The number of hydrogen-bond acceptors (Lipinski definition) is 5. The van der Waals surface area contributed by atoms with Crippen LogP contribution in [0.15, 0.2) is 41.3 Å². The largest absolute Gasteiger partial charge is 0.497 e. The van der Waals surface area contributed by atoms with Crippen LogP contribution in [0.1, 0.15) is 5.56 Å². The van der Waals surface area contributed by atoms with Crippen LogP contribution in [0.3, 0.4) is 0 Å². The van der Waals surface area contributed by atoms with Crippen molar-refractivity contribution in [1.29, 1.82) is 0 Å². The summed E-state index contributed by atoms with van der Waals surface area (Å²) >= 11 is 12.5. The van der Waals surface area contributed by atoms with Crippen molar-refractivity contribution in [3.05, 3.63) is 52.0 Å². The maximum Gasteiger partial charge on any atom is 0.246 e. The zero-order valence-electron chi connectivity index (χ0n) is 15.7. The quantitative estimate of drug-likeness (QED) is 0.681. The van der Waals surface area contributed by atoms with E-state index < -0.39 is 10.0 Å². The van der Waals surface area contributed by atoms with Crippen LogP contribution in [0.2, 0.25) is 10.0 Å². The number of piperazine rings is 1. The maximum atomic E-state index is 13.1. The Kier molecular flexibility index (Phi) is 6.73. The fourth-order valence-corrected chi connectivity index (χ4v) is 5.27. The van der Waals surface area contributed by atoms with Crippen molar-refractivity contribution in [1.82, 2.24) is 9.21 Å². The summed E-state index contributed by atoms with van der Waals surface area (Å²) in [7, 11) is -0.753. The topological polar surface area (TPSA) is 59.1 Å². The Hall–Kier alpha value is -1.51. The molecule has 1 fully saturated rings. The van der Waals surface area contributed by atoms with Gasteiger partial charge in [0.1, 0.15) is 16.4 Å². The summed E-state index contributed by atoms with van der Waals surface area (Å²) in [6, 6.07) is 10.2. The first kappa shape index (κ1) is 21.2. The van der Waals surface area contributed by atoms with Crippen LogP contribution in [-0.2, 0) is 16.6 Å². The molecule has 6 nitrogen and oxygen atoms in total. The van der Waals surface area contributed by atoms with Crippen LogP contribution in [0.5, 0.6) is 11.5 Å². The summed E-state index contributed by atoms with van der Waals surface area (Å²) in [4.78, 5) is 2.25. The molecule has 0 amide bonds. The number of methoxy groups -OCH3 is 2. The number of ether oxygens (including phenoxy) is 2. The van der Waals surface area contributed by atoms with Gasteiger partial charge in [0, 0.05) is 54.4 Å². The van der Waals surface area contributed by atoms with Gasteiger partial charge in [-0.1, -0.05) is 29.3 Å². The van der Waals surface area contributed by atoms with Crippen LogP contribution in [0.25, 0.3) is 0 Å². The smallest absolute Gasteiger partial charge is 0.246 e. The molecule has 3 rings (SSSR count). The minimum Gasteiger partial charge on any atom is -0.497 e. The first-order valence-electron chi connectivity index (χ1n) is 8.74. The zero-order chi connectivity index (χ0) is 20.3. The van der Waals surface area contributed by atoms with E-state index in [1.165, 1.54) is 24.6 Å². The van der Waals surface area contributed by atoms with Gasteiger partial charge in [-0.05, 0) is 24.3 Å². The normalized spacial score (nSPS) is 16.1. The van der Waals surface area contributed by atoms with Gasteiger partial charge in [0.15, 0.2) is 0 Å². The van der Waals surface area contributed by atoms with E-state index in [2.05, 4.69) is 4.90 Å². The van der Waals surface area contributed by atoms with E-state index in [0.29, 0.717) is 54.3 Å². The number of rotatable bonds is 6. The summed E-state index contributed by atoms with van der Waals surface area (Å²) in [6.45, 7) is 2.46. The van der Waals surface area contributed by atoms with Crippen molar-refractivity contribution in [2.75, 3.05) is 40.4 Å². The first-order chi connectivity index (χ1) is 13.4. The number of hydrogen-bond donors (Lipinski definition) is 0. The summed E-state index contributed by atoms with van der Waals surface area (Å²) in [5.41, 5.74) is 0.858. The van der Waals surface area contributed by atoms with Crippen molar-refractivity contribution in [2.45, 2.75) is 11.4 Å². The maximum absolute atomic E-state index is 13.1. The zero-order valence-corrected chi connectivity index (χ0v) is 18.0. The highest BCUT2D eigenvalue weighted by molar-refractivity contribution is 7.89. The summed E-state index contributed by atoms with van der Waals surface area (Å²) in [5, 5.41) is 1.23. The number of nitrogens with zero attached hydrogens (tertiary/aromatic N) is 2. The highest BCUT2D eigenvalue weighted by Crippen LogP contribution is 2.31. The van der Waals surface area contributed by atoms with Crippen LogP contribution in [0, 0.1) is 0 Å². The molecule has 1 aliphatic rings. The molecule has 0 N–H and O–H groups in total. The van der Waals surface area contributed by atoms with E-state index in [9.17, 15) is 8.42 Å². The Balaban J connectivity index is 1.74. The lowest BCUT2D eigenvalue weighted by molar-refractivity contribution is 0.181. The van der Waals surface area contributed by atoms with Crippen LogP contribution < -0.4 is 9.47 Å². The molecule has 0 aromatic heterocycles. The summed E-state index contributed by atoms with van der Waals surface area (Å²) in [6.07, 6.45) is 0. The van der Waals surface area contributed by atoms with Gasteiger partial charge in [-0.15, -0.1) is 0 Å². The molecule has 0 aliphatic carbocycles. The second-order valence-corrected chi connectivity index (χ2v) is 9.12. The third-order valence-electron chi connectivity index (χ3n) is 4.76. The van der Waals surface area contributed by atoms with Gasteiger partial charge in [-0.2, -0.15) is 4.31 Å². The van der Waals surface area contributed by atoms with Gasteiger partial charge in [-0.3, -0.25) is 4.90 Å². The van der Waals surface area contributed by atoms with E-state index in [1.54, 1.807) is 30.3 Å². The molecular weight excluding hydrogens is 423 g/mol. The number of sulfonamides is 1. The van der Waals surface area contributed by atoms with Crippen LogP contribution in [-0.4, -0.2) is 58.0 Å². The van der Waals surface area contributed by atoms with E-state index >= 15 is 0 Å². The molecule has 152 valence electrons. The molecule has 0 spiro atoms. The molecule has 0 bridgehead atoms. The minimum atomic E-state index is -3.70. The van der Waals surface area contributed by atoms with Crippen molar-refractivity contribution in [2.24, 2.45) is 0 Å². The van der Waals surface area contributed by atoms with Crippen molar-refractivity contribution < 1.29 is 17.9 Å². The Labute approximate surface area is 175 Å². The molecule has 28 heavy (non-hydrogen) atoms. The van der Waals surface area contributed by atoms with Crippen LogP contribution in [0.4, 0.5) is 0 Å². The number of halogens is 2. The third-order valence-corrected chi connectivity index (χ3v) is 7.39. The molecule has 0 radical (unpaired) electrons. The SMILES string of the molecule is COc1ccc(OC)c(S(=O)(=O)N2CCN(Cc3c(Cl)cccc3Cl)CC2)c1. The molecule has 2 aromatic rings. The predicted octanol–water partition coefficient (Wildman–Crippen LogP) is 3.52. The molecule has 0 unspecified atom stereocenters. The van der Waals surface area contributed by atoms with Gasteiger partial charge >= 0.3 is 0 Å². The predicted molar refractivity (Wildman–Crippen MR) is 110 cm³/mol. The Bertz CT molecular complexity index is 925. The van der Waals surface area contributed by atoms with E-state index in [-0.39, 0.29) is 4.90 Å². The highest BCUT2D eigenvalue weighted by Gasteiger charge is 2.31. The van der Waals surface area contributed by atoms with Crippen molar-refractivity contribution in [3.63, 3.8) is 0 Å². The van der Waals surface area contributed by atoms with E-state index in [0.717, 1.165) is 5.56 Å². The molecule has 0 atom stereocenters. The minimum absolute atomic E-state index is 0.108. The fraction of sp³-hybridized carbons (Fsp3) is 0.368. The Morgan fingerprint density at radius 2 is 1.61 bits per heavy atom. The van der Waals surface area contributed by atoms with Gasteiger partial charge in [-0.25, -0.2) is 8.42 Å². The molecule has 2 aromatic carbocycles. The van der Waals surface area contributed by atoms with Gasteiger partial charge in [0.2, 0.25) is 10.0 Å². The third kappa shape index (κ3) is 4.39. The average Bonchev–Trinajstić information content (AvgIpc) is 2.70. The van der Waals surface area contributed by atoms with Crippen molar-refractivity contribution >= 4 is 33.2 Å². The van der Waals surface area contributed by atoms with Crippen molar-refractivity contribution in [3.8, 4) is 11.5 Å². The molecule has 1 heterocycles. The molecule has 1 aliphatic heterocycles. The van der Waals surface area contributed by atoms with Gasteiger partial charge < -0.3 is 9.47 Å². The molecule has 0 saturated carbocycles. The van der Waals surface area contributed by atoms with Gasteiger partial charge in [0.25, 0.3) is 0 Å². The summed E-state index contributed by atoms with van der Waals surface area (Å²) < 4.78 is 38.2. The lowest BCUT2D eigenvalue weighted by Gasteiger charge is -2.34. The van der Waals surface area contributed by atoms with E-state index in [4.69, 9.17) is 32.7 Å².